The number of aliphatic carboxylic acids is 1. The summed E-state index contributed by atoms with van der Waals surface area (Å²) >= 11 is 0. The zero-order valence-electron chi connectivity index (χ0n) is 13.4. The number of carbonyl (C=O) groups is 1. The highest BCUT2D eigenvalue weighted by Crippen LogP contribution is 2.13. The second kappa shape index (κ2) is 8.02. The van der Waals surface area contributed by atoms with Crippen molar-refractivity contribution in [1.29, 1.82) is 0 Å². The Morgan fingerprint density at radius 3 is 2.88 bits per heavy atom. The van der Waals surface area contributed by atoms with E-state index in [4.69, 9.17) is 9.84 Å². The summed E-state index contributed by atoms with van der Waals surface area (Å²) in [4.78, 5) is 12.9. The smallest absolute Gasteiger partial charge is 0.318 e. The fourth-order valence-corrected chi connectivity index (χ4v) is 3.41. The Morgan fingerprint density at radius 2 is 2.25 bits per heavy atom. The second-order valence-electron chi connectivity index (χ2n) is 5.81. The molecule has 7 nitrogen and oxygen atoms in total. The first-order valence-electron chi connectivity index (χ1n) is 7.49. The molecule has 1 aromatic rings. The number of benzene rings is 1. The van der Waals surface area contributed by atoms with Crippen molar-refractivity contribution < 1.29 is 27.4 Å². The molecule has 24 heavy (non-hydrogen) atoms. The van der Waals surface area contributed by atoms with Gasteiger partial charge in [-0.05, 0) is 17.7 Å². The summed E-state index contributed by atoms with van der Waals surface area (Å²) in [5.41, 5.74) is 0.821. The van der Waals surface area contributed by atoms with E-state index >= 15 is 0 Å². The fourth-order valence-electron chi connectivity index (χ4n) is 2.62. The van der Waals surface area contributed by atoms with Crippen molar-refractivity contribution in [2.24, 2.45) is 0 Å². The maximum atomic E-state index is 13.3. The topological polar surface area (TPSA) is 87.2 Å². The first-order chi connectivity index (χ1) is 11.2. The molecular formula is C15H21FN2O5S. The molecule has 1 aliphatic rings. The molecular weight excluding hydrogens is 339 g/mol. The van der Waals surface area contributed by atoms with Gasteiger partial charge in [0, 0.05) is 26.2 Å². The van der Waals surface area contributed by atoms with Gasteiger partial charge in [-0.3, -0.25) is 9.69 Å². The molecule has 0 aliphatic carbocycles. The van der Waals surface area contributed by atoms with E-state index in [2.05, 4.69) is 0 Å². The number of ether oxygens (including phenoxy) is 1. The molecule has 1 aromatic carbocycles. The Kier molecular flexibility index (Phi) is 6.27. The summed E-state index contributed by atoms with van der Waals surface area (Å²) in [6.07, 6.45) is 0.546. The minimum absolute atomic E-state index is 0.0230. The molecule has 9 heteroatoms. The zero-order chi connectivity index (χ0) is 17.7. The van der Waals surface area contributed by atoms with E-state index in [0.717, 1.165) is 16.1 Å². The van der Waals surface area contributed by atoms with Crippen molar-refractivity contribution in [3.63, 3.8) is 0 Å². The van der Waals surface area contributed by atoms with Crippen LogP contribution in [0.4, 0.5) is 4.39 Å². The van der Waals surface area contributed by atoms with Crippen molar-refractivity contribution in [3.05, 3.63) is 35.6 Å². The third kappa shape index (κ3) is 5.82. The minimum Gasteiger partial charge on any atom is -0.480 e. The van der Waals surface area contributed by atoms with E-state index in [1.165, 1.54) is 12.1 Å². The highest BCUT2D eigenvalue weighted by molar-refractivity contribution is 7.88. The van der Waals surface area contributed by atoms with Gasteiger partial charge < -0.3 is 9.84 Å². The predicted octanol–water partition coefficient (Wildman–Crippen LogP) is 0.373. The van der Waals surface area contributed by atoms with Crippen molar-refractivity contribution >= 4 is 16.0 Å². The van der Waals surface area contributed by atoms with Crippen LogP contribution in [0.25, 0.3) is 0 Å². The number of nitrogens with zero attached hydrogens (tertiary/aromatic N) is 2. The van der Waals surface area contributed by atoms with Gasteiger partial charge in [0.2, 0.25) is 10.0 Å². The van der Waals surface area contributed by atoms with Crippen LogP contribution in [-0.4, -0.2) is 73.8 Å². The van der Waals surface area contributed by atoms with E-state index in [-0.39, 0.29) is 12.4 Å². The average Bonchev–Trinajstić information content (AvgIpc) is 2.45. The van der Waals surface area contributed by atoms with Crippen molar-refractivity contribution in [3.8, 4) is 0 Å². The lowest BCUT2D eigenvalue weighted by atomic mass is 10.2. The van der Waals surface area contributed by atoms with E-state index in [1.807, 2.05) is 11.0 Å². The van der Waals surface area contributed by atoms with Gasteiger partial charge >= 0.3 is 5.97 Å². The van der Waals surface area contributed by atoms with Gasteiger partial charge in [-0.2, -0.15) is 4.31 Å². The lowest BCUT2D eigenvalue weighted by Crippen LogP contribution is -2.49. The molecule has 0 aromatic heterocycles. The quantitative estimate of drug-likeness (QED) is 0.756. The van der Waals surface area contributed by atoms with E-state index in [1.54, 1.807) is 6.07 Å². The van der Waals surface area contributed by atoms with Gasteiger partial charge in [-0.15, -0.1) is 0 Å². The molecule has 0 bridgehead atoms. The summed E-state index contributed by atoms with van der Waals surface area (Å²) in [6.45, 7) is 1.40. The maximum absolute atomic E-state index is 13.3. The standard InChI is InChI=1S/C15H21FN2O5S/c1-24(21,22)18(11-15(19)20)10-14-9-17(5-6-23-14)8-12-3-2-4-13(16)7-12/h2-4,7,14H,5-6,8-11H2,1H3,(H,19,20). The van der Waals surface area contributed by atoms with Crippen LogP contribution in [0.5, 0.6) is 0 Å². The Morgan fingerprint density at radius 1 is 1.50 bits per heavy atom. The summed E-state index contributed by atoms with van der Waals surface area (Å²) < 4.78 is 43.1. The van der Waals surface area contributed by atoms with Gasteiger partial charge in [0.25, 0.3) is 0 Å². The lowest BCUT2D eigenvalue weighted by molar-refractivity contribution is -0.137. The van der Waals surface area contributed by atoms with Crippen LogP contribution < -0.4 is 0 Å². The van der Waals surface area contributed by atoms with Crippen LogP contribution in [0.1, 0.15) is 5.56 Å². The number of sulfonamides is 1. The molecule has 134 valence electrons. The second-order valence-corrected chi connectivity index (χ2v) is 7.79. The number of halogens is 1. The van der Waals surface area contributed by atoms with Crippen molar-refractivity contribution in [2.45, 2.75) is 12.6 Å². The van der Waals surface area contributed by atoms with Crippen molar-refractivity contribution in [2.75, 3.05) is 39.0 Å². The van der Waals surface area contributed by atoms with Gasteiger partial charge in [0.15, 0.2) is 0 Å². The minimum atomic E-state index is -3.64. The first-order valence-corrected chi connectivity index (χ1v) is 9.34. The zero-order valence-corrected chi connectivity index (χ0v) is 14.2. The Bertz CT molecular complexity index is 682. The third-order valence-corrected chi connectivity index (χ3v) is 4.92. The number of morpholine rings is 1. The normalized spacial score (nSPS) is 19.5. The molecule has 0 saturated carbocycles. The monoisotopic (exact) mass is 360 g/mol. The van der Waals surface area contributed by atoms with E-state index < -0.39 is 28.6 Å². The highest BCUT2D eigenvalue weighted by atomic mass is 32.2. The lowest BCUT2D eigenvalue weighted by Gasteiger charge is -2.34. The predicted molar refractivity (Wildman–Crippen MR) is 85.5 cm³/mol. The highest BCUT2D eigenvalue weighted by Gasteiger charge is 2.28. The molecule has 0 amide bonds. The van der Waals surface area contributed by atoms with Gasteiger partial charge in [0.05, 0.1) is 19.0 Å². The Balaban J connectivity index is 1.97. The average molecular weight is 360 g/mol. The number of carboxylic acids is 1. The van der Waals surface area contributed by atoms with Crippen LogP contribution >= 0.6 is 0 Å². The van der Waals surface area contributed by atoms with Crippen LogP contribution in [0.3, 0.4) is 0 Å². The molecule has 0 radical (unpaired) electrons. The van der Waals surface area contributed by atoms with Crippen molar-refractivity contribution in [1.82, 2.24) is 9.21 Å². The number of rotatable bonds is 7. The summed E-state index contributed by atoms with van der Waals surface area (Å²) in [5.74, 6) is -1.52. The number of hydrogen-bond donors (Lipinski definition) is 1. The maximum Gasteiger partial charge on any atom is 0.318 e. The van der Waals surface area contributed by atoms with Crippen LogP contribution in [0, 0.1) is 5.82 Å². The number of hydrogen-bond acceptors (Lipinski definition) is 5. The first kappa shape index (κ1) is 18.8. The van der Waals surface area contributed by atoms with Gasteiger partial charge in [0.1, 0.15) is 12.4 Å². The van der Waals surface area contributed by atoms with Crippen LogP contribution in [0.15, 0.2) is 24.3 Å². The number of carboxylic acid groups (broad SMARTS) is 1. The SMILES string of the molecule is CS(=O)(=O)N(CC(=O)O)CC1CN(Cc2cccc(F)c2)CCO1. The molecule has 1 atom stereocenters. The Hall–Kier alpha value is -1.55. The molecule has 1 unspecified atom stereocenters. The summed E-state index contributed by atoms with van der Waals surface area (Å²) in [6, 6.07) is 6.29. The third-order valence-electron chi connectivity index (χ3n) is 3.71. The van der Waals surface area contributed by atoms with Crippen LogP contribution in [0.2, 0.25) is 0 Å². The van der Waals surface area contributed by atoms with Gasteiger partial charge in [-0.1, -0.05) is 12.1 Å². The summed E-state index contributed by atoms with van der Waals surface area (Å²) in [5, 5.41) is 8.86. The molecule has 1 saturated heterocycles. The van der Waals surface area contributed by atoms with Gasteiger partial charge in [-0.25, -0.2) is 12.8 Å². The molecule has 1 aliphatic heterocycles. The van der Waals surface area contributed by atoms with E-state index in [9.17, 15) is 17.6 Å². The largest absolute Gasteiger partial charge is 0.480 e. The Labute approximate surface area is 140 Å². The van der Waals surface area contributed by atoms with Crippen LogP contribution in [-0.2, 0) is 26.1 Å². The fraction of sp³-hybridized carbons (Fsp3) is 0.533. The molecule has 1 fully saturated rings. The van der Waals surface area contributed by atoms with E-state index in [0.29, 0.717) is 26.2 Å². The molecule has 0 spiro atoms. The summed E-state index contributed by atoms with van der Waals surface area (Å²) in [7, 11) is -3.64. The molecule has 2 rings (SSSR count). The molecule has 1 N–H and O–H groups in total. The molecule has 1 heterocycles.